The summed E-state index contributed by atoms with van der Waals surface area (Å²) in [6, 6.07) is 8.43. The Morgan fingerprint density at radius 3 is 2.75 bits per heavy atom. The smallest absolute Gasteiger partial charge is 0.123 e. The topological polar surface area (TPSA) is 39.7 Å². The normalized spacial score (nSPS) is 23.8. The average molecular weight is 279 g/mol. The second kappa shape index (κ2) is 7.07. The van der Waals surface area contributed by atoms with E-state index in [0.717, 1.165) is 31.7 Å². The molecule has 2 unspecified atom stereocenters. The fourth-order valence-electron chi connectivity index (χ4n) is 2.70. The molecule has 4 heteroatoms. The van der Waals surface area contributed by atoms with Crippen molar-refractivity contribution in [2.24, 2.45) is 0 Å². The molecule has 2 atom stereocenters. The van der Waals surface area contributed by atoms with Gasteiger partial charge in [-0.3, -0.25) is 0 Å². The molecular weight excluding hydrogens is 254 g/mol. The summed E-state index contributed by atoms with van der Waals surface area (Å²) in [6.07, 6.45) is 1.94. The standard InChI is InChI=1S/C16H25NO3/c1-4-14(13-7-5-6-8-15(13)18-2)17-11-16(19-3)9-10-20-12-16/h5-8,14,17H,4,9-12H2,1-3H3. The molecule has 1 N–H and O–H groups in total. The highest BCUT2D eigenvalue weighted by molar-refractivity contribution is 5.35. The molecule has 20 heavy (non-hydrogen) atoms. The van der Waals surface area contributed by atoms with Crippen molar-refractivity contribution in [1.29, 1.82) is 0 Å². The Labute approximate surface area is 121 Å². The van der Waals surface area contributed by atoms with Crippen molar-refractivity contribution >= 4 is 0 Å². The maximum Gasteiger partial charge on any atom is 0.123 e. The summed E-state index contributed by atoms with van der Waals surface area (Å²) in [5, 5.41) is 3.61. The molecule has 112 valence electrons. The molecule has 2 rings (SSSR count). The van der Waals surface area contributed by atoms with Crippen LogP contribution in [0.3, 0.4) is 0 Å². The number of para-hydroxylation sites is 1. The van der Waals surface area contributed by atoms with Gasteiger partial charge in [0, 0.05) is 38.3 Å². The Morgan fingerprint density at radius 2 is 2.15 bits per heavy atom. The van der Waals surface area contributed by atoms with Crippen molar-refractivity contribution in [2.75, 3.05) is 34.0 Å². The third-order valence-electron chi connectivity index (χ3n) is 4.09. The number of methoxy groups -OCH3 is 2. The summed E-state index contributed by atoms with van der Waals surface area (Å²) in [5.41, 5.74) is 1.01. The minimum atomic E-state index is -0.185. The lowest BCUT2D eigenvalue weighted by atomic mass is 9.99. The lowest BCUT2D eigenvalue weighted by molar-refractivity contribution is -0.0176. The molecule has 0 aliphatic carbocycles. The van der Waals surface area contributed by atoms with E-state index in [1.165, 1.54) is 5.56 Å². The molecule has 1 heterocycles. The molecule has 0 saturated carbocycles. The molecular formula is C16H25NO3. The van der Waals surface area contributed by atoms with Gasteiger partial charge in [-0.05, 0) is 12.5 Å². The summed E-state index contributed by atoms with van der Waals surface area (Å²) in [7, 11) is 3.48. The average Bonchev–Trinajstić information content (AvgIpc) is 2.98. The Balaban J connectivity index is 2.05. The Kier molecular flexibility index (Phi) is 5.40. The van der Waals surface area contributed by atoms with Gasteiger partial charge in [-0.1, -0.05) is 25.1 Å². The van der Waals surface area contributed by atoms with Gasteiger partial charge < -0.3 is 19.5 Å². The molecule has 0 aromatic heterocycles. The summed E-state index contributed by atoms with van der Waals surface area (Å²) in [5.74, 6) is 0.931. The van der Waals surface area contributed by atoms with Crippen molar-refractivity contribution in [3.8, 4) is 5.75 Å². The highest BCUT2D eigenvalue weighted by Gasteiger charge is 2.35. The molecule has 0 bridgehead atoms. The first-order valence-electron chi connectivity index (χ1n) is 7.24. The van der Waals surface area contributed by atoms with E-state index in [9.17, 15) is 0 Å². The van der Waals surface area contributed by atoms with E-state index in [4.69, 9.17) is 14.2 Å². The Bertz CT molecular complexity index is 416. The molecule has 4 nitrogen and oxygen atoms in total. The monoisotopic (exact) mass is 279 g/mol. The zero-order chi connectivity index (χ0) is 14.4. The number of rotatable bonds is 7. The van der Waals surface area contributed by atoms with Gasteiger partial charge in [0.2, 0.25) is 0 Å². The number of hydrogen-bond donors (Lipinski definition) is 1. The first kappa shape index (κ1) is 15.3. The number of benzene rings is 1. The van der Waals surface area contributed by atoms with E-state index in [1.54, 1.807) is 14.2 Å². The fourth-order valence-corrected chi connectivity index (χ4v) is 2.70. The molecule has 0 amide bonds. The van der Waals surface area contributed by atoms with Gasteiger partial charge in [0.15, 0.2) is 0 Å². The highest BCUT2D eigenvalue weighted by Crippen LogP contribution is 2.28. The first-order chi connectivity index (χ1) is 9.74. The molecule has 1 aromatic carbocycles. The van der Waals surface area contributed by atoms with Gasteiger partial charge in [-0.15, -0.1) is 0 Å². The van der Waals surface area contributed by atoms with Gasteiger partial charge in [0.1, 0.15) is 11.4 Å². The Hall–Kier alpha value is -1.10. The molecule has 1 aliphatic heterocycles. The predicted molar refractivity (Wildman–Crippen MR) is 79.2 cm³/mol. The van der Waals surface area contributed by atoms with Crippen molar-refractivity contribution in [3.05, 3.63) is 29.8 Å². The van der Waals surface area contributed by atoms with Crippen LogP contribution in [0.4, 0.5) is 0 Å². The van der Waals surface area contributed by atoms with E-state index in [-0.39, 0.29) is 11.6 Å². The van der Waals surface area contributed by atoms with Crippen LogP contribution in [0.5, 0.6) is 5.75 Å². The van der Waals surface area contributed by atoms with Crippen molar-refractivity contribution < 1.29 is 14.2 Å². The summed E-state index contributed by atoms with van der Waals surface area (Å²) >= 11 is 0. The van der Waals surface area contributed by atoms with Gasteiger partial charge in [0.05, 0.1) is 13.7 Å². The molecule has 1 saturated heterocycles. The zero-order valence-electron chi connectivity index (χ0n) is 12.6. The third-order valence-corrected chi connectivity index (χ3v) is 4.09. The van der Waals surface area contributed by atoms with Crippen LogP contribution in [-0.4, -0.2) is 39.6 Å². The lowest BCUT2D eigenvalue weighted by Crippen LogP contribution is -2.44. The molecule has 1 aliphatic rings. The lowest BCUT2D eigenvalue weighted by Gasteiger charge is -2.29. The number of ether oxygens (including phenoxy) is 3. The Morgan fingerprint density at radius 1 is 1.35 bits per heavy atom. The van der Waals surface area contributed by atoms with E-state index in [1.807, 2.05) is 18.2 Å². The fraction of sp³-hybridized carbons (Fsp3) is 0.625. The number of nitrogens with one attached hydrogen (secondary N) is 1. The van der Waals surface area contributed by atoms with Gasteiger partial charge in [-0.25, -0.2) is 0 Å². The van der Waals surface area contributed by atoms with Crippen LogP contribution in [0, 0.1) is 0 Å². The minimum Gasteiger partial charge on any atom is -0.496 e. The van der Waals surface area contributed by atoms with Gasteiger partial charge in [-0.2, -0.15) is 0 Å². The van der Waals surface area contributed by atoms with Crippen LogP contribution >= 0.6 is 0 Å². The van der Waals surface area contributed by atoms with Crippen molar-refractivity contribution in [1.82, 2.24) is 5.32 Å². The second-order valence-electron chi connectivity index (χ2n) is 5.27. The molecule has 1 fully saturated rings. The molecule has 1 aromatic rings. The van der Waals surface area contributed by atoms with Crippen LogP contribution in [0.1, 0.15) is 31.4 Å². The van der Waals surface area contributed by atoms with E-state index in [0.29, 0.717) is 6.61 Å². The maximum atomic E-state index is 5.67. The van der Waals surface area contributed by atoms with Crippen LogP contribution < -0.4 is 10.1 Å². The predicted octanol–water partition coefficient (Wildman–Crippen LogP) is 2.54. The largest absolute Gasteiger partial charge is 0.496 e. The van der Waals surface area contributed by atoms with E-state index < -0.39 is 0 Å². The first-order valence-corrected chi connectivity index (χ1v) is 7.24. The van der Waals surface area contributed by atoms with Crippen LogP contribution in [0.2, 0.25) is 0 Å². The zero-order valence-corrected chi connectivity index (χ0v) is 12.6. The molecule has 0 spiro atoms. The van der Waals surface area contributed by atoms with Crippen LogP contribution in [0.15, 0.2) is 24.3 Å². The van der Waals surface area contributed by atoms with Crippen molar-refractivity contribution in [3.63, 3.8) is 0 Å². The van der Waals surface area contributed by atoms with E-state index >= 15 is 0 Å². The van der Waals surface area contributed by atoms with E-state index in [2.05, 4.69) is 18.3 Å². The van der Waals surface area contributed by atoms with Gasteiger partial charge >= 0.3 is 0 Å². The van der Waals surface area contributed by atoms with Gasteiger partial charge in [0.25, 0.3) is 0 Å². The van der Waals surface area contributed by atoms with Crippen LogP contribution in [-0.2, 0) is 9.47 Å². The third kappa shape index (κ3) is 3.32. The number of hydrogen-bond acceptors (Lipinski definition) is 4. The summed E-state index contributed by atoms with van der Waals surface area (Å²) < 4.78 is 16.6. The molecule has 0 radical (unpaired) electrons. The SMILES string of the molecule is CCC(NCC1(OC)CCOC1)c1ccccc1OC. The second-order valence-corrected chi connectivity index (χ2v) is 5.27. The van der Waals surface area contributed by atoms with Crippen LogP contribution in [0.25, 0.3) is 0 Å². The summed E-state index contributed by atoms with van der Waals surface area (Å²) in [4.78, 5) is 0. The minimum absolute atomic E-state index is 0.185. The maximum absolute atomic E-state index is 5.67. The highest BCUT2D eigenvalue weighted by atomic mass is 16.5. The quantitative estimate of drug-likeness (QED) is 0.832. The van der Waals surface area contributed by atoms with Crippen molar-refractivity contribution in [2.45, 2.75) is 31.4 Å². The summed E-state index contributed by atoms with van der Waals surface area (Å²) in [6.45, 7) is 4.41.